The standard InChI is InChI=1S/C13H18F2N2O2/c1-13(2,12(16)17-18)4-3-5-19-11-7-9(14)6-10(15)8-11/h6-8,18H,3-5H2,1-2H3,(H2,16,17). The normalized spacial score (nSPS) is 12.5. The summed E-state index contributed by atoms with van der Waals surface area (Å²) in [6.45, 7) is 3.97. The molecule has 3 N–H and O–H groups in total. The number of hydrogen-bond acceptors (Lipinski definition) is 3. The van der Waals surface area contributed by atoms with E-state index in [1.807, 2.05) is 13.8 Å². The van der Waals surface area contributed by atoms with Crippen molar-refractivity contribution in [2.24, 2.45) is 16.3 Å². The second-order valence-electron chi connectivity index (χ2n) is 4.93. The van der Waals surface area contributed by atoms with Gasteiger partial charge in [0.25, 0.3) is 0 Å². The van der Waals surface area contributed by atoms with Gasteiger partial charge in [-0.1, -0.05) is 19.0 Å². The molecule has 19 heavy (non-hydrogen) atoms. The molecule has 1 rings (SSSR count). The van der Waals surface area contributed by atoms with Crippen LogP contribution in [0.1, 0.15) is 26.7 Å². The van der Waals surface area contributed by atoms with Crippen LogP contribution >= 0.6 is 0 Å². The number of oxime groups is 1. The van der Waals surface area contributed by atoms with E-state index in [2.05, 4.69) is 5.16 Å². The molecule has 0 spiro atoms. The Balaban J connectivity index is 2.43. The van der Waals surface area contributed by atoms with Gasteiger partial charge in [0, 0.05) is 23.6 Å². The van der Waals surface area contributed by atoms with Gasteiger partial charge in [0.2, 0.25) is 0 Å². The molecule has 1 aromatic carbocycles. The summed E-state index contributed by atoms with van der Waals surface area (Å²) in [4.78, 5) is 0. The zero-order chi connectivity index (χ0) is 14.5. The van der Waals surface area contributed by atoms with Crippen LogP contribution in [-0.2, 0) is 0 Å². The quantitative estimate of drug-likeness (QED) is 0.275. The van der Waals surface area contributed by atoms with E-state index in [-0.39, 0.29) is 11.6 Å². The van der Waals surface area contributed by atoms with Gasteiger partial charge in [-0.15, -0.1) is 0 Å². The molecule has 0 radical (unpaired) electrons. The van der Waals surface area contributed by atoms with Crippen LogP contribution in [0.4, 0.5) is 8.78 Å². The largest absolute Gasteiger partial charge is 0.493 e. The van der Waals surface area contributed by atoms with Gasteiger partial charge in [-0.2, -0.15) is 0 Å². The first-order valence-electron chi connectivity index (χ1n) is 5.92. The molecular formula is C13H18F2N2O2. The highest BCUT2D eigenvalue weighted by Crippen LogP contribution is 2.23. The number of ether oxygens (including phenoxy) is 1. The van der Waals surface area contributed by atoms with E-state index in [0.717, 1.165) is 18.2 Å². The summed E-state index contributed by atoms with van der Waals surface area (Å²) >= 11 is 0. The van der Waals surface area contributed by atoms with Crippen LogP contribution in [0.5, 0.6) is 5.75 Å². The Morgan fingerprint density at radius 1 is 1.32 bits per heavy atom. The third-order valence-corrected chi connectivity index (χ3v) is 2.85. The smallest absolute Gasteiger partial charge is 0.144 e. The van der Waals surface area contributed by atoms with Gasteiger partial charge in [0.1, 0.15) is 23.2 Å². The third-order valence-electron chi connectivity index (χ3n) is 2.85. The van der Waals surface area contributed by atoms with Gasteiger partial charge in [-0.25, -0.2) is 8.78 Å². The fourth-order valence-electron chi connectivity index (χ4n) is 1.58. The molecule has 0 saturated carbocycles. The number of amidine groups is 1. The zero-order valence-corrected chi connectivity index (χ0v) is 11.0. The van der Waals surface area contributed by atoms with Crippen molar-refractivity contribution in [2.75, 3.05) is 6.61 Å². The Bertz CT molecular complexity index is 442. The highest BCUT2D eigenvalue weighted by Gasteiger charge is 2.22. The lowest BCUT2D eigenvalue weighted by Crippen LogP contribution is -2.32. The molecule has 6 heteroatoms. The number of nitrogens with zero attached hydrogens (tertiary/aromatic N) is 1. The highest BCUT2D eigenvalue weighted by molar-refractivity contribution is 5.85. The Kier molecular flexibility index (Phi) is 5.09. The van der Waals surface area contributed by atoms with E-state index < -0.39 is 17.0 Å². The summed E-state index contributed by atoms with van der Waals surface area (Å²) in [7, 11) is 0. The second-order valence-corrected chi connectivity index (χ2v) is 4.93. The van der Waals surface area contributed by atoms with Gasteiger partial charge in [0.15, 0.2) is 0 Å². The molecule has 0 aliphatic heterocycles. The number of halogens is 2. The van der Waals surface area contributed by atoms with E-state index in [9.17, 15) is 8.78 Å². The summed E-state index contributed by atoms with van der Waals surface area (Å²) in [5.41, 5.74) is 5.09. The summed E-state index contributed by atoms with van der Waals surface area (Å²) in [6, 6.07) is 3.03. The molecule has 0 atom stereocenters. The summed E-state index contributed by atoms with van der Waals surface area (Å²) in [6.07, 6.45) is 1.24. The minimum Gasteiger partial charge on any atom is -0.493 e. The minimum atomic E-state index is -0.674. The molecule has 0 fully saturated rings. The highest BCUT2D eigenvalue weighted by atomic mass is 19.1. The molecular weight excluding hydrogens is 254 g/mol. The van der Waals surface area contributed by atoms with Crippen molar-refractivity contribution >= 4 is 5.84 Å². The Morgan fingerprint density at radius 3 is 2.42 bits per heavy atom. The number of benzene rings is 1. The van der Waals surface area contributed by atoms with E-state index in [4.69, 9.17) is 15.7 Å². The van der Waals surface area contributed by atoms with Crippen molar-refractivity contribution in [3.8, 4) is 5.75 Å². The molecule has 0 saturated heterocycles. The van der Waals surface area contributed by atoms with Crippen molar-refractivity contribution in [3.63, 3.8) is 0 Å². The maximum atomic E-state index is 12.9. The zero-order valence-electron chi connectivity index (χ0n) is 11.0. The molecule has 4 nitrogen and oxygen atoms in total. The topological polar surface area (TPSA) is 67.8 Å². The van der Waals surface area contributed by atoms with Gasteiger partial charge in [0.05, 0.1) is 6.61 Å². The predicted octanol–water partition coefficient (Wildman–Crippen LogP) is 2.90. The maximum Gasteiger partial charge on any atom is 0.144 e. The molecule has 106 valence electrons. The van der Waals surface area contributed by atoms with Crippen molar-refractivity contribution < 1.29 is 18.7 Å². The number of nitrogens with two attached hydrogens (primary N) is 1. The molecule has 0 aliphatic carbocycles. The van der Waals surface area contributed by atoms with Crippen molar-refractivity contribution in [3.05, 3.63) is 29.8 Å². The lowest BCUT2D eigenvalue weighted by molar-refractivity contribution is 0.276. The van der Waals surface area contributed by atoms with Crippen LogP contribution in [0.2, 0.25) is 0 Å². The molecule has 1 aromatic rings. The Labute approximate surface area is 110 Å². The number of rotatable bonds is 6. The molecule has 0 heterocycles. The fourth-order valence-corrected chi connectivity index (χ4v) is 1.58. The molecule has 0 amide bonds. The summed E-state index contributed by atoms with van der Waals surface area (Å²) < 4.78 is 31.0. The first kappa shape index (κ1) is 15.2. The molecule has 0 unspecified atom stereocenters. The average Bonchev–Trinajstić information content (AvgIpc) is 2.32. The Morgan fingerprint density at radius 2 is 1.89 bits per heavy atom. The first-order chi connectivity index (χ1) is 8.85. The van der Waals surface area contributed by atoms with Crippen LogP contribution in [0, 0.1) is 17.0 Å². The van der Waals surface area contributed by atoms with Crippen LogP contribution in [0.3, 0.4) is 0 Å². The SMILES string of the molecule is CC(C)(CCCOc1cc(F)cc(F)c1)C(N)=NO. The van der Waals surface area contributed by atoms with E-state index in [0.29, 0.717) is 19.4 Å². The first-order valence-corrected chi connectivity index (χ1v) is 5.92. The van der Waals surface area contributed by atoms with Crippen LogP contribution < -0.4 is 10.5 Å². The van der Waals surface area contributed by atoms with Crippen molar-refractivity contribution in [1.29, 1.82) is 0 Å². The van der Waals surface area contributed by atoms with Gasteiger partial charge in [-0.3, -0.25) is 0 Å². The number of hydrogen-bond donors (Lipinski definition) is 2. The third kappa shape index (κ3) is 4.73. The fraction of sp³-hybridized carbons (Fsp3) is 0.462. The van der Waals surface area contributed by atoms with Gasteiger partial charge in [-0.05, 0) is 12.8 Å². The average molecular weight is 272 g/mol. The Hall–Kier alpha value is -1.85. The van der Waals surface area contributed by atoms with Crippen molar-refractivity contribution in [2.45, 2.75) is 26.7 Å². The van der Waals surface area contributed by atoms with E-state index in [1.165, 1.54) is 0 Å². The molecule has 0 bridgehead atoms. The van der Waals surface area contributed by atoms with Crippen LogP contribution in [0.25, 0.3) is 0 Å². The van der Waals surface area contributed by atoms with Crippen LogP contribution in [-0.4, -0.2) is 17.6 Å². The van der Waals surface area contributed by atoms with E-state index >= 15 is 0 Å². The van der Waals surface area contributed by atoms with Gasteiger partial charge >= 0.3 is 0 Å². The summed E-state index contributed by atoms with van der Waals surface area (Å²) in [5.74, 6) is -1.05. The van der Waals surface area contributed by atoms with Crippen LogP contribution in [0.15, 0.2) is 23.4 Å². The molecule has 0 aromatic heterocycles. The lowest BCUT2D eigenvalue weighted by atomic mass is 9.87. The van der Waals surface area contributed by atoms with Crippen molar-refractivity contribution in [1.82, 2.24) is 0 Å². The maximum absolute atomic E-state index is 12.9. The second kappa shape index (κ2) is 6.36. The predicted molar refractivity (Wildman–Crippen MR) is 68.3 cm³/mol. The summed E-state index contributed by atoms with van der Waals surface area (Å²) in [5, 5.41) is 11.6. The lowest BCUT2D eigenvalue weighted by Gasteiger charge is -2.22. The monoisotopic (exact) mass is 272 g/mol. The van der Waals surface area contributed by atoms with Gasteiger partial charge < -0.3 is 15.7 Å². The molecule has 0 aliphatic rings. The minimum absolute atomic E-state index is 0.143. The van der Waals surface area contributed by atoms with E-state index in [1.54, 1.807) is 0 Å².